The van der Waals surface area contributed by atoms with Crippen LogP contribution >= 0.6 is 0 Å². The first-order valence-electron chi connectivity index (χ1n) is 8.80. The third kappa shape index (κ3) is 5.43. The molecule has 2 aromatic carbocycles. The van der Waals surface area contributed by atoms with Gasteiger partial charge in [-0.25, -0.2) is 0 Å². The van der Waals surface area contributed by atoms with E-state index in [1.807, 2.05) is 59.0 Å². The number of aryl methyl sites for hydroxylation is 4. The van der Waals surface area contributed by atoms with E-state index in [0.29, 0.717) is 0 Å². The standard InChI is InChI=1S/C21H27N3O2/c1-14-10-16(3)21(17(4)11-14)23-20(26)13-24(5)12-19(25)22-18-9-7-6-8-15(18)2/h6-11H,12-13H2,1-5H3,(H,22,25)(H,23,26)/p+1. The van der Waals surface area contributed by atoms with Crippen LogP contribution in [0.25, 0.3) is 0 Å². The lowest BCUT2D eigenvalue weighted by atomic mass is 10.1. The summed E-state index contributed by atoms with van der Waals surface area (Å²) in [6.07, 6.45) is 0. The van der Waals surface area contributed by atoms with Gasteiger partial charge in [0.2, 0.25) is 0 Å². The van der Waals surface area contributed by atoms with Gasteiger partial charge >= 0.3 is 0 Å². The molecular formula is C21H28N3O2+. The summed E-state index contributed by atoms with van der Waals surface area (Å²) in [7, 11) is 1.84. The Kier molecular flexibility index (Phi) is 6.52. The van der Waals surface area contributed by atoms with Gasteiger partial charge in [-0.05, 0) is 50.5 Å². The lowest BCUT2D eigenvalue weighted by molar-refractivity contribution is -0.862. The third-order valence-corrected chi connectivity index (χ3v) is 4.29. The second-order valence-corrected chi connectivity index (χ2v) is 7.00. The van der Waals surface area contributed by atoms with E-state index in [2.05, 4.69) is 22.8 Å². The van der Waals surface area contributed by atoms with Crippen molar-refractivity contribution in [1.29, 1.82) is 0 Å². The molecule has 0 radical (unpaired) electrons. The van der Waals surface area contributed by atoms with Gasteiger partial charge in [-0.1, -0.05) is 35.9 Å². The third-order valence-electron chi connectivity index (χ3n) is 4.29. The lowest BCUT2D eigenvalue weighted by Crippen LogP contribution is -3.11. The molecule has 1 unspecified atom stereocenters. The number of carbonyl (C=O) groups is 2. The van der Waals surface area contributed by atoms with Crippen molar-refractivity contribution in [3.05, 3.63) is 58.7 Å². The number of rotatable bonds is 6. The Morgan fingerprint density at radius 1 is 0.846 bits per heavy atom. The summed E-state index contributed by atoms with van der Waals surface area (Å²) in [4.78, 5) is 25.4. The van der Waals surface area contributed by atoms with E-state index in [1.54, 1.807) is 0 Å². The summed E-state index contributed by atoms with van der Waals surface area (Å²) >= 11 is 0. The molecule has 0 saturated carbocycles. The summed E-state index contributed by atoms with van der Waals surface area (Å²) in [5, 5.41) is 5.87. The minimum absolute atomic E-state index is 0.0961. The zero-order valence-corrected chi connectivity index (χ0v) is 16.2. The molecule has 2 rings (SSSR count). The highest BCUT2D eigenvalue weighted by atomic mass is 16.2. The van der Waals surface area contributed by atoms with Crippen molar-refractivity contribution < 1.29 is 14.5 Å². The van der Waals surface area contributed by atoms with Gasteiger partial charge in [0.15, 0.2) is 13.1 Å². The number of benzene rings is 2. The summed E-state index contributed by atoms with van der Waals surface area (Å²) in [5.74, 6) is -0.200. The van der Waals surface area contributed by atoms with Crippen LogP contribution in [0.4, 0.5) is 11.4 Å². The van der Waals surface area contributed by atoms with Crippen molar-refractivity contribution in [1.82, 2.24) is 0 Å². The van der Waals surface area contributed by atoms with Crippen molar-refractivity contribution >= 4 is 23.2 Å². The fraction of sp³-hybridized carbons (Fsp3) is 0.333. The Labute approximate surface area is 155 Å². The van der Waals surface area contributed by atoms with Crippen LogP contribution in [0.1, 0.15) is 22.3 Å². The average Bonchev–Trinajstić information content (AvgIpc) is 2.52. The van der Waals surface area contributed by atoms with Crippen LogP contribution in [0.2, 0.25) is 0 Å². The van der Waals surface area contributed by atoms with Crippen LogP contribution < -0.4 is 15.5 Å². The predicted octanol–water partition coefficient (Wildman–Crippen LogP) is 2.01. The first-order valence-corrected chi connectivity index (χ1v) is 8.80. The number of likely N-dealkylation sites (N-methyl/N-ethyl adjacent to an activating group) is 1. The number of anilines is 2. The molecule has 5 nitrogen and oxygen atoms in total. The first kappa shape index (κ1) is 19.7. The van der Waals surface area contributed by atoms with Crippen LogP contribution in [-0.4, -0.2) is 32.0 Å². The average molecular weight is 354 g/mol. The minimum Gasteiger partial charge on any atom is -0.322 e. The highest BCUT2D eigenvalue weighted by molar-refractivity contribution is 5.94. The Hall–Kier alpha value is -2.66. The number of hydrogen-bond donors (Lipinski definition) is 3. The monoisotopic (exact) mass is 354 g/mol. The first-order chi connectivity index (χ1) is 12.3. The van der Waals surface area contributed by atoms with Crippen LogP contribution in [0.5, 0.6) is 0 Å². The maximum atomic E-state index is 12.3. The van der Waals surface area contributed by atoms with Crippen molar-refractivity contribution in [3.63, 3.8) is 0 Å². The maximum absolute atomic E-state index is 12.3. The molecule has 0 fully saturated rings. The van der Waals surface area contributed by atoms with Gasteiger partial charge in [0.25, 0.3) is 11.8 Å². The smallest absolute Gasteiger partial charge is 0.279 e. The van der Waals surface area contributed by atoms with E-state index < -0.39 is 0 Å². The fourth-order valence-corrected chi connectivity index (χ4v) is 3.08. The molecule has 26 heavy (non-hydrogen) atoms. The Balaban J connectivity index is 1.89. The van der Waals surface area contributed by atoms with E-state index in [0.717, 1.165) is 33.0 Å². The van der Waals surface area contributed by atoms with Gasteiger partial charge in [-0.2, -0.15) is 0 Å². The molecule has 0 saturated heterocycles. The number of hydrogen-bond acceptors (Lipinski definition) is 2. The molecule has 5 heteroatoms. The van der Waals surface area contributed by atoms with Crippen LogP contribution in [0, 0.1) is 27.7 Å². The Morgan fingerprint density at radius 3 is 1.96 bits per heavy atom. The second kappa shape index (κ2) is 8.63. The normalized spacial score (nSPS) is 11.7. The minimum atomic E-state index is -0.104. The molecule has 0 aliphatic rings. The molecule has 138 valence electrons. The van der Waals surface area contributed by atoms with Crippen molar-refractivity contribution in [2.45, 2.75) is 27.7 Å². The van der Waals surface area contributed by atoms with Gasteiger partial charge < -0.3 is 15.5 Å². The summed E-state index contributed by atoms with van der Waals surface area (Å²) in [6.45, 7) is 8.42. The van der Waals surface area contributed by atoms with Gasteiger partial charge in [0, 0.05) is 11.4 Å². The van der Waals surface area contributed by atoms with E-state index in [1.165, 1.54) is 5.56 Å². The zero-order chi connectivity index (χ0) is 19.3. The molecule has 0 aliphatic heterocycles. The molecule has 1 atom stereocenters. The highest BCUT2D eigenvalue weighted by Gasteiger charge is 2.16. The molecule has 0 aromatic heterocycles. The van der Waals surface area contributed by atoms with Crippen molar-refractivity contribution in [2.75, 3.05) is 30.8 Å². The lowest BCUT2D eigenvalue weighted by Gasteiger charge is -2.16. The number of quaternary nitrogens is 1. The predicted molar refractivity (Wildman–Crippen MR) is 106 cm³/mol. The van der Waals surface area contributed by atoms with Gasteiger partial charge in [0.05, 0.1) is 7.05 Å². The zero-order valence-electron chi connectivity index (χ0n) is 16.2. The number of nitrogens with one attached hydrogen (secondary N) is 3. The molecule has 2 aromatic rings. The number of carbonyl (C=O) groups excluding carboxylic acids is 2. The SMILES string of the molecule is Cc1cc(C)c(NC(=O)C[NH+](C)CC(=O)Nc2ccccc2C)c(C)c1. The largest absolute Gasteiger partial charge is 0.322 e. The summed E-state index contributed by atoms with van der Waals surface area (Å²) in [5.41, 5.74) is 5.95. The van der Waals surface area contributed by atoms with E-state index in [4.69, 9.17) is 0 Å². The molecule has 0 bridgehead atoms. The second-order valence-electron chi connectivity index (χ2n) is 7.00. The number of para-hydroxylation sites is 1. The topological polar surface area (TPSA) is 62.6 Å². The quantitative estimate of drug-likeness (QED) is 0.743. The van der Waals surface area contributed by atoms with Crippen LogP contribution in [0.15, 0.2) is 36.4 Å². The molecule has 2 amide bonds. The summed E-state index contributed by atoms with van der Waals surface area (Å²) in [6, 6.07) is 11.7. The molecule has 0 heterocycles. The Bertz CT molecular complexity index is 792. The van der Waals surface area contributed by atoms with Crippen LogP contribution in [0.3, 0.4) is 0 Å². The van der Waals surface area contributed by atoms with Gasteiger partial charge in [-0.3, -0.25) is 9.59 Å². The van der Waals surface area contributed by atoms with E-state index in [9.17, 15) is 9.59 Å². The van der Waals surface area contributed by atoms with Gasteiger partial charge in [0.1, 0.15) is 0 Å². The van der Waals surface area contributed by atoms with Crippen molar-refractivity contribution in [3.8, 4) is 0 Å². The molecule has 3 N–H and O–H groups in total. The number of amides is 2. The summed E-state index contributed by atoms with van der Waals surface area (Å²) < 4.78 is 0. The highest BCUT2D eigenvalue weighted by Crippen LogP contribution is 2.21. The van der Waals surface area contributed by atoms with E-state index >= 15 is 0 Å². The van der Waals surface area contributed by atoms with E-state index in [-0.39, 0.29) is 24.9 Å². The van der Waals surface area contributed by atoms with Crippen molar-refractivity contribution in [2.24, 2.45) is 0 Å². The molecular weight excluding hydrogens is 326 g/mol. The maximum Gasteiger partial charge on any atom is 0.279 e. The molecule has 0 aliphatic carbocycles. The molecule has 0 spiro atoms. The Morgan fingerprint density at radius 2 is 1.38 bits per heavy atom. The van der Waals surface area contributed by atoms with Gasteiger partial charge in [-0.15, -0.1) is 0 Å². The fourth-order valence-electron chi connectivity index (χ4n) is 3.08. The van der Waals surface area contributed by atoms with Crippen LogP contribution in [-0.2, 0) is 9.59 Å².